The summed E-state index contributed by atoms with van der Waals surface area (Å²) in [6.07, 6.45) is 0. The summed E-state index contributed by atoms with van der Waals surface area (Å²) in [5.41, 5.74) is 0. The van der Waals surface area contributed by atoms with Gasteiger partial charge in [-0.15, -0.1) is 0 Å². The minimum absolute atomic E-state index is 0. The van der Waals surface area contributed by atoms with Crippen molar-refractivity contribution in [1.29, 1.82) is 0 Å². The van der Waals surface area contributed by atoms with Gasteiger partial charge in [-0.05, 0) is 0 Å². The van der Waals surface area contributed by atoms with Crippen LogP contribution in [0.5, 0.6) is 0 Å². The Balaban J connectivity index is 0.00000242. The number of hydrogen-bond donors (Lipinski definition) is 0. The molecule has 0 aliphatic heterocycles. The van der Waals surface area contributed by atoms with Crippen LogP contribution in [0.15, 0.2) is 24.3 Å². The molecule has 0 fully saturated rings. The fourth-order valence-corrected chi connectivity index (χ4v) is 4.53. The van der Waals surface area contributed by atoms with E-state index in [1.54, 1.807) is 0 Å². The van der Waals surface area contributed by atoms with Gasteiger partial charge in [-0.3, -0.25) is 0 Å². The Bertz CT molecular complexity index is 666. The number of halogens is 8. The van der Waals surface area contributed by atoms with E-state index in [0.29, 0.717) is 24.3 Å². The summed E-state index contributed by atoms with van der Waals surface area (Å²) >= 11 is 0. The smallest absolute Gasteiger partial charge is 0.153 e. The molecular formula is C12H7Cl2F6NiP. The first-order chi connectivity index (χ1) is 9.67. The van der Waals surface area contributed by atoms with Crippen LogP contribution in [0, 0.1) is 34.9 Å². The molecule has 1 unspecified atom stereocenters. The summed E-state index contributed by atoms with van der Waals surface area (Å²) in [5.74, 6) is -10.1. The van der Waals surface area contributed by atoms with Crippen LogP contribution < -0.4 is 9.07 Å². The van der Waals surface area contributed by atoms with E-state index in [9.17, 15) is 26.3 Å². The molecule has 2 aromatic rings. The van der Waals surface area contributed by atoms with Gasteiger partial charge in [0.1, 0.15) is 0 Å². The van der Waals surface area contributed by atoms with E-state index in [1.165, 1.54) is 0 Å². The van der Waals surface area contributed by atoms with E-state index in [2.05, 4.69) is 0 Å². The van der Waals surface area contributed by atoms with Crippen LogP contribution in [-0.2, 0) is 10.6 Å². The van der Waals surface area contributed by atoms with Gasteiger partial charge in [0.05, 0.1) is 0 Å². The molecule has 0 aliphatic carbocycles. The van der Waals surface area contributed by atoms with Crippen molar-refractivity contribution in [3.63, 3.8) is 0 Å². The summed E-state index contributed by atoms with van der Waals surface area (Å²) < 4.78 is 78.1. The Morgan fingerprint density at radius 2 is 0.909 bits per heavy atom. The van der Waals surface area contributed by atoms with Crippen molar-refractivity contribution in [3.8, 4) is 0 Å². The third kappa shape index (κ3) is 3.23. The Morgan fingerprint density at radius 3 is 1.23 bits per heavy atom. The molecule has 0 radical (unpaired) electrons. The Kier molecular flexibility index (Phi) is 6.19. The van der Waals surface area contributed by atoms with Crippen molar-refractivity contribution in [2.45, 2.75) is 0 Å². The van der Waals surface area contributed by atoms with Crippen molar-refractivity contribution in [2.75, 3.05) is 0 Å². The van der Waals surface area contributed by atoms with E-state index in [0.717, 1.165) is 0 Å². The van der Waals surface area contributed by atoms with Gasteiger partial charge in [0.2, 0.25) is 0 Å². The maximum absolute atomic E-state index is 13.7. The van der Waals surface area contributed by atoms with Crippen LogP contribution in [0.3, 0.4) is 0 Å². The summed E-state index contributed by atoms with van der Waals surface area (Å²) in [6, 6.07) is 2.52. The second-order valence-electron chi connectivity index (χ2n) is 3.61. The van der Waals surface area contributed by atoms with Crippen LogP contribution in [0.2, 0.25) is 0 Å². The predicted molar refractivity (Wildman–Crippen MR) is 74.7 cm³/mol. The number of benzene rings is 2. The molecule has 2 aromatic carbocycles. The van der Waals surface area contributed by atoms with Gasteiger partial charge in [0.15, 0.2) is 0 Å². The van der Waals surface area contributed by atoms with Crippen LogP contribution in [0.4, 0.5) is 26.3 Å². The first kappa shape index (κ1) is 19.6. The summed E-state index contributed by atoms with van der Waals surface area (Å²) in [5, 5.41) is 0. The van der Waals surface area contributed by atoms with Gasteiger partial charge in [0.25, 0.3) is 0 Å². The van der Waals surface area contributed by atoms with Crippen molar-refractivity contribution in [3.05, 3.63) is 59.2 Å². The van der Waals surface area contributed by atoms with Gasteiger partial charge in [0, 0.05) is 0 Å². The first-order valence-corrected chi connectivity index (χ1v) is 8.72. The average molecular weight is 426 g/mol. The topological polar surface area (TPSA) is 0 Å². The minimum Gasteiger partial charge on any atom is -0.153 e. The molecule has 0 saturated heterocycles. The van der Waals surface area contributed by atoms with Gasteiger partial charge in [-0.25, -0.2) is 0 Å². The Labute approximate surface area is 135 Å². The Morgan fingerprint density at radius 1 is 0.591 bits per heavy atom. The molecule has 10 heteroatoms. The zero-order chi connectivity index (χ0) is 15.9. The molecule has 1 atom stereocenters. The van der Waals surface area contributed by atoms with Crippen LogP contribution in [-0.4, -0.2) is 0 Å². The van der Waals surface area contributed by atoms with Crippen LogP contribution in [0.25, 0.3) is 0 Å². The van der Waals surface area contributed by atoms with Gasteiger partial charge >= 0.3 is 126 Å². The molecule has 0 saturated carbocycles. The van der Waals surface area contributed by atoms with E-state index < -0.39 is 54.6 Å². The van der Waals surface area contributed by atoms with Gasteiger partial charge in [-0.2, -0.15) is 9.90 Å². The summed E-state index contributed by atoms with van der Waals surface area (Å²) in [6.45, 7) is 0. The second kappa shape index (κ2) is 6.96. The first-order valence-electron chi connectivity index (χ1n) is 5.01. The molecule has 0 heterocycles. The fourth-order valence-electron chi connectivity index (χ4n) is 1.38. The minimum atomic E-state index is -3.72. The SMILES string of the molecule is Fc1cc[c]([Ni]([Cl])([Cl])[c]2ccc(F)c(F)c2F)c(F)c1F.P. The molecule has 0 amide bonds. The zero-order valence-corrected chi connectivity index (χ0v) is 14.3. The maximum atomic E-state index is 13.7. The van der Waals surface area contributed by atoms with Crippen molar-refractivity contribution in [2.24, 2.45) is 0 Å². The normalized spacial score (nSPS) is 12.0. The molecule has 0 spiro atoms. The number of hydrogen-bond acceptors (Lipinski definition) is 0. The van der Waals surface area contributed by atoms with Crippen molar-refractivity contribution < 1.29 is 36.9 Å². The molecule has 0 N–H and O–H groups in total. The molecule has 0 aromatic heterocycles. The third-order valence-electron chi connectivity index (χ3n) is 2.36. The van der Waals surface area contributed by atoms with Gasteiger partial charge in [-0.1, -0.05) is 0 Å². The van der Waals surface area contributed by atoms with E-state index in [1.807, 2.05) is 0 Å². The monoisotopic (exact) mass is 424 g/mol. The Hall–Kier alpha value is -0.476. The van der Waals surface area contributed by atoms with E-state index in [-0.39, 0.29) is 9.90 Å². The zero-order valence-electron chi connectivity index (χ0n) is 10.4. The standard InChI is InChI=1S/2C6H2F3.2ClH.Ni.H3P/c2*7-4-2-1-3-5(8)6(4)9;;;;/h2*1-2H;2*1H;;1H3/q;;;;+2;/p-2. The number of rotatable bonds is 2. The summed E-state index contributed by atoms with van der Waals surface area (Å²) in [4.78, 5) is 0. The van der Waals surface area contributed by atoms with Crippen molar-refractivity contribution >= 4 is 39.4 Å². The molecular weight excluding hydrogens is 419 g/mol. The fraction of sp³-hybridized carbons (Fsp3) is 0. The van der Waals surface area contributed by atoms with Gasteiger partial charge < -0.3 is 0 Å². The average Bonchev–Trinajstić information content (AvgIpc) is 2.41. The van der Waals surface area contributed by atoms with Crippen LogP contribution >= 0.6 is 30.3 Å². The molecule has 0 nitrogen and oxygen atoms in total. The summed E-state index contributed by atoms with van der Waals surface area (Å²) in [7, 11) is 7.97. The molecule has 0 bridgehead atoms. The largest absolute Gasteiger partial charge is 0.153 e. The molecule has 2 rings (SSSR count). The molecule has 22 heavy (non-hydrogen) atoms. The second-order valence-corrected chi connectivity index (χ2v) is 9.27. The predicted octanol–water partition coefficient (Wildman–Crippen LogP) is 3.99. The molecule has 126 valence electrons. The van der Waals surface area contributed by atoms with E-state index in [4.69, 9.17) is 20.4 Å². The van der Waals surface area contributed by atoms with Crippen molar-refractivity contribution in [1.82, 2.24) is 0 Å². The molecule has 0 aliphatic rings. The third-order valence-corrected chi connectivity index (χ3v) is 6.58. The quantitative estimate of drug-likeness (QED) is 0.295. The van der Waals surface area contributed by atoms with E-state index >= 15 is 0 Å². The van der Waals surface area contributed by atoms with Crippen LogP contribution in [0.1, 0.15) is 0 Å². The maximum Gasteiger partial charge on any atom is -0.153 e.